The van der Waals surface area contributed by atoms with Crippen LogP contribution in [-0.4, -0.2) is 86.4 Å². The molecule has 0 radical (unpaired) electrons. The summed E-state index contributed by atoms with van der Waals surface area (Å²) in [5.74, 6) is 0. The molecule has 7 heavy (non-hydrogen) atoms. The zero-order chi connectivity index (χ0) is 4.50. The Morgan fingerprint density at radius 1 is 1.14 bits per heavy atom. The Morgan fingerprint density at radius 3 is 1.14 bits per heavy atom. The zero-order valence-corrected chi connectivity index (χ0v) is 4.39. The molecule has 7 heteroatoms. The normalized spacial score (nSPS) is 8.29. The van der Waals surface area contributed by atoms with Crippen LogP contribution in [0.4, 0.5) is 0 Å². The van der Waals surface area contributed by atoms with Crippen LogP contribution in [0.5, 0.6) is 0 Å². The average molecular weight is 288 g/mol. The first-order valence-corrected chi connectivity index (χ1v) is 2.10. The molecule has 4 nitrogen and oxygen atoms in total. The van der Waals surface area contributed by atoms with Gasteiger partial charge in [-0.05, 0) is 0 Å². The maximum atomic E-state index is 8.74. The molecule has 0 rings (SSSR count). The third-order valence-corrected chi connectivity index (χ3v) is 0. The molecule has 0 amide bonds. The molecule has 0 saturated carbocycles. The third kappa shape index (κ3) is 58.8. The van der Waals surface area contributed by atoms with Gasteiger partial charge in [0.1, 0.15) is 0 Å². The molecule has 42 valence electrons. The molecule has 0 aromatic carbocycles. The Morgan fingerprint density at radius 2 is 1.14 bits per heavy atom. The van der Waals surface area contributed by atoms with Crippen molar-refractivity contribution in [2.45, 2.75) is 0 Å². The molecule has 0 bridgehead atoms. The van der Waals surface area contributed by atoms with Crippen molar-refractivity contribution in [1.82, 2.24) is 0 Å². The van der Waals surface area contributed by atoms with Gasteiger partial charge in [-0.25, -0.2) is 0 Å². The molecule has 0 spiro atoms. The average Bonchev–Trinajstić information content (AvgIpc) is 0.722. The van der Waals surface area contributed by atoms with Gasteiger partial charge in [-0.2, -0.15) is 8.42 Å². The summed E-state index contributed by atoms with van der Waals surface area (Å²) in [4.78, 5) is 0. The summed E-state index contributed by atoms with van der Waals surface area (Å²) in [6, 6.07) is 0. The molecule has 0 heterocycles. The van der Waals surface area contributed by atoms with E-state index in [1.807, 2.05) is 0 Å². The van der Waals surface area contributed by atoms with Crippen molar-refractivity contribution in [1.29, 1.82) is 0 Å². The summed E-state index contributed by atoms with van der Waals surface area (Å²) in [6.07, 6.45) is 0. The van der Waals surface area contributed by atoms with Gasteiger partial charge in [0.25, 0.3) is 0 Å². The number of rotatable bonds is 0. The van der Waals surface area contributed by atoms with Crippen LogP contribution in [-0.2, 0) is 27.5 Å². The van der Waals surface area contributed by atoms with E-state index in [1.54, 1.807) is 0 Å². The molecule has 0 aromatic heterocycles. The van der Waals surface area contributed by atoms with Gasteiger partial charge in [-0.1, -0.05) is 0 Å². The largest absolute Gasteiger partial charge is 0 e. The van der Waals surface area contributed by atoms with E-state index in [0.29, 0.717) is 0 Å². The van der Waals surface area contributed by atoms with Crippen molar-refractivity contribution in [2.75, 3.05) is 0 Å². The SMILES string of the molecule is O=S(=O)(O)O.[CsH].[Fe]. The van der Waals surface area contributed by atoms with Gasteiger partial charge in [0.15, 0.2) is 0 Å². The standard InChI is InChI=1S/Cs.Fe.H2O4S.H/c;;1-5(2,3)4;/h;;(H2,1,2,3,4);. The summed E-state index contributed by atoms with van der Waals surface area (Å²) in [5.41, 5.74) is 0. The second-order valence-electron chi connectivity index (χ2n) is 0.448. The van der Waals surface area contributed by atoms with Gasteiger partial charge in [-0.15, -0.1) is 0 Å². The quantitative estimate of drug-likeness (QED) is 0.429. The van der Waals surface area contributed by atoms with Crippen LogP contribution in [0.2, 0.25) is 0 Å². The van der Waals surface area contributed by atoms with E-state index in [2.05, 4.69) is 0 Å². The molecule has 0 aromatic rings. The van der Waals surface area contributed by atoms with Crippen LogP contribution in [0.3, 0.4) is 0 Å². The summed E-state index contributed by atoms with van der Waals surface area (Å²) in [5, 5.41) is 0. The first-order valence-electron chi connectivity index (χ1n) is 0.698. The Labute approximate surface area is 111 Å². The van der Waals surface area contributed by atoms with Crippen molar-refractivity contribution in [3.8, 4) is 0 Å². The Bertz CT molecular complexity index is 94.9. The van der Waals surface area contributed by atoms with Gasteiger partial charge < -0.3 is 0 Å². The van der Waals surface area contributed by atoms with Gasteiger partial charge in [-0.3, -0.25) is 9.11 Å². The van der Waals surface area contributed by atoms with E-state index < -0.39 is 10.4 Å². The predicted molar refractivity (Wildman–Crippen MR) is 21.3 cm³/mol. The summed E-state index contributed by atoms with van der Waals surface area (Å²) >= 11 is 0. The van der Waals surface area contributed by atoms with Gasteiger partial charge >= 0.3 is 79.3 Å². The van der Waals surface area contributed by atoms with Gasteiger partial charge in [0.05, 0.1) is 0 Å². The molecule has 0 unspecified atom stereocenters. The third-order valence-electron chi connectivity index (χ3n) is 0. The van der Waals surface area contributed by atoms with Crippen LogP contribution < -0.4 is 0 Å². The molecule has 0 aliphatic heterocycles. The van der Waals surface area contributed by atoms with Crippen molar-refractivity contribution in [3.63, 3.8) is 0 Å². The molecule has 0 atom stereocenters. The minimum absolute atomic E-state index is 0. The fraction of sp³-hybridized carbons (Fsp3) is 0. The monoisotopic (exact) mass is 288 g/mol. The maximum absolute atomic E-state index is 8.74. The Hall–Kier alpha value is 2.44. The first kappa shape index (κ1) is 16.2. The van der Waals surface area contributed by atoms with E-state index in [0.717, 1.165) is 0 Å². The molecule has 0 fully saturated rings. The second kappa shape index (κ2) is 6.56. The van der Waals surface area contributed by atoms with Crippen molar-refractivity contribution in [2.24, 2.45) is 0 Å². The van der Waals surface area contributed by atoms with Gasteiger partial charge in [0, 0.05) is 17.1 Å². The molecule has 0 aliphatic carbocycles. The molecule has 0 saturated heterocycles. The van der Waals surface area contributed by atoms with E-state index in [4.69, 9.17) is 17.5 Å². The van der Waals surface area contributed by atoms with Crippen LogP contribution in [0.1, 0.15) is 0 Å². The molecule has 2 N–H and O–H groups in total. The minimum Gasteiger partial charge on any atom is 0 e. The Kier molecular flexibility index (Phi) is 15.2. The van der Waals surface area contributed by atoms with Crippen molar-refractivity contribution >= 4 is 79.3 Å². The smallest absolute Gasteiger partial charge is 0 e. The van der Waals surface area contributed by atoms with E-state index in [-0.39, 0.29) is 86.0 Å². The van der Waals surface area contributed by atoms with E-state index in [1.165, 1.54) is 0 Å². The maximum Gasteiger partial charge on any atom is 0 e. The number of hydrogen-bond donors (Lipinski definition) is 2. The predicted octanol–water partition coefficient (Wildman–Crippen LogP) is -1.30. The topological polar surface area (TPSA) is 74.6 Å². The van der Waals surface area contributed by atoms with Crippen LogP contribution in [0.15, 0.2) is 0 Å². The number of hydrogen-bond acceptors (Lipinski definition) is 2. The zero-order valence-electron chi connectivity index (χ0n) is 2.47. The van der Waals surface area contributed by atoms with E-state index >= 15 is 0 Å². The van der Waals surface area contributed by atoms with Crippen LogP contribution in [0, 0.1) is 0 Å². The Balaban J connectivity index is -0.0000000800. The fourth-order valence-electron chi connectivity index (χ4n) is 0. The van der Waals surface area contributed by atoms with Crippen LogP contribution in [0.25, 0.3) is 0 Å². The molecular weight excluding hydrogens is 285 g/mol. The summed E-state index contributed by atoms with van der Waals surface area (Å²) < 4.78 is 31.6. The van der Waals surface area contributed by atoms with Crippen LogP contribution >= 0.6 is 0 Å². The van der Waals surface area contributed by atoms with Crippen molar-refractivity contribution < 1.29 is 34.6 Å². The van der Waals surface area contributed by atoms with E-state index in [9.17, 15) is 0 Å². The fourth-order valence-corrected chi connectivity index (χ4v) is 0. The first-order chi connectivity index (χ1) is 2.00. The molecular formula is H3CsFeO4S. The minimum atomic E-state index is -4.67. The summed E-state index contributed by atoms with van der Waals surface area (Å²) in [7, 11) is -4.67. The second-order valence-corrected chi connectivity index (χ2v) is 1.34. The summed E-state index contributed by atoms with van der Waals surface area (Å²) in [6.45, 7) is 0. The van der Waals surface area contributed by atoms with Gasteiger partial charge in [0.2, 0.25) is 0 Å². The van der Waals surface area contributed by atoms with Crippen molar-refractivity contribution in [3.05, 3.63) is 0 Å². The molecule has 0 aliphatic rings.